The van der Waals surface area contributed by atoms with E-state index in [1.807, 2.05) is 6.20 Å². The molecule has 6 heteroatoms. The van der Waals surface area contributed by atoms with Gasteiger partial charge in [-0.05, 0) is 33.2 Å². The second-order valence-corrected chi connectivity index (χ2v) is 7.11. The number of rotatable bonds is 4. The molecule has 128 valence electrons. The predicted molar refractivity (Wildman–Crippen MR) is 90.0 cm³/mol. The largest absolute Gasteiger partial charge is 0.352 e. The minimum absolute atomic E-state index is 0.0873. The topological polar surface area (TPSA) is 53.4 Å². The van der Waals surface area contributed by atoms with Crippen LogP contribution < -0.4 is 5.32 Å². The number of likely N-dealkylation sites (tertiary alicyclic amines) is 2. The fourth-order valence-corrected chi connectivity index (χ4v) is 4.28. The summed E-state index contributed by atoms with van der Waals surface area (Å²) < 4.78 is 2.22. The molecule has 1 spiro atoms. The van der Waals surface area contributed by atoms with Crippen molar-refractivity contribution in [1.82, 2.24) is 24.7 Å². The van der Waals surface area contributed by atoms with Gasteiger partial charge < -0.3 is 9.88 Å². The lowest BCUT2D eigenvalue weighted by Gasteiger charge is -2.43. The number of hydrogen-bond donors (Lipinski definition) is 1. The number of carbonyl (C=O) groups excluding carboxylic acids is 1. The van der Waals surface area contributed by atoms with E-state index in [-0.39, 0.29) is 11.4 Å². The standard InChI is InChI=1S/C17H29N5O/c1-4-22-10-7-18-16(22)13-21-8-5-17(6-9-21)11-15(12-20(17)3)19-14(2)23/h7,10,15H,4-6,8-9,11-13H2,1-3H3,(H,19,23)/t15-/m1/s1. The molecule has 0 aromatic carbocycles. The summed E-state index contributed by atoms with van der Waals surface area (Å²) in [7, 11) is 2.21. The van der Waals surface area contributed by atoms with Crippen LogP contribution in [0.3, 0.4) is 0 Å². The minimum atomic E-state index is 0.0873. The normalized spacial score (nSPS) is 25.1. The highest BCUT2D eigenvalue weighted by molar-refractivity contribution is 5.73. The Labute approximate surface area is 138 Å². The first-order valence-electron chi connectivity index (χ1n) is 8.73. The Kier molecular flexibility index (Phi) is 4.73. The second-order valence-electron chi connectivity index (χ2n) is 7.11. The fourth-order valence-electron chi connectivity index (χ4n) is 4.28. The van der Waals surface area contributed by atoms with Gasteiger partial charge in [0.15, 0.2) is 0 Å². The van der Waals surface area contributed by atoms with Gasteiger partial charge in [0.1, 0.15) is 5.82 Å². The summed E-state index contributed by atoms with van der Waals surface area (Å²) in [6.07, 6.45) is 7.38. The molecular weight excluding hydrogens is 290 g/mol. The van der Waals surface area contributed by atoms with Crippen LogP contribution in [0.15, 0.2) is 12.4 Å². The molecule has 0 bridgehead atoms. The highest BCUT2D eigenvalue weighted by atomic mass is 16.1. The van der Waals surface area contributed by atoms with E-state index in [1.54, 1.807) is 6.92 Å². The van der Waals surface area contributed by atoms with E-state index in [2.05, 4.69) is 44.8 Å². The summed E-state index contributed by atoms with van der Waals surface area (Å²) in [5.41, 5.74) is 0.268. The van der Waals surface area contributed by atoms with Crippen LogP contribution in [0.4, 0.5) is 0 Å². The molecule has 0 aliphatic carbocycles. The van der Waals surface area contributed by atoms with Gasteiger partial charge in [-0.2, -0.15) is 0 Å². The zero-order valence-corrected chi connectivity index (χ0v) is 14.6. The van der Waals surface area contributed by atoms with Crippen molar-refractivity contribution in [2.24, 2.45) is 0 Å². The Balaban J connectivity index is 1.56. The van der Waals surface area contributed by atoms with Crippen molar-refractivity contribution in [2.75, 3.05) is 26.7 Å². The van der Waals surface area contributed by atoms with Gasteiger partial charge in [-0.15, -0.1) is 0 Å². The lowest BCUT2D eigenvalue weighted by Crippen LogP contribution is -2.50. The maximum atomic E-state index is 11.3. The molecule has 3 heterocycles. The van der Waals surface area contributed by atoms with Crippen molar-refractivity contribution in [3.63, 3.8) is 0 Å². The van der Waals surface area contributed by atoms with Crippen molar-refractivity contribution in [3.8, 4) is 0 Å². The van der Waals surface area contributed by atoms with Crippen LogP contribution >= 0.6 is 0 Å². The lowest BCUT2D eigenvalue weighted by atomic mass is 9.84. The predicted octanol–water partition coefficient (Wildman–Crippen LogP) is 1.08. The van der Waals surface area contributed by atoms with Crippen LogP contribution in [0.25, 0.3) is 0 Å². The van der Waals surface area contributed by atoms with E-state index in [0.717, 1.165) is 39.1 Å². The van der Waals surface area contributed by atoms with Crippen LogP contribution in [0.2, 0.25) is 0 Å². The third-order valence-electron chi connectivity index (χ3n) is 5.63. The van der Waals surface area contributed by atoms with Gasteiger partial charge in [0, 0.05) is 57.1 Å². The van der Waals surface area contributed by atoms with Gasteiger partial charge >= 0.3 is 0 Å². The van der Waals surface area contributed by atoms with Crippen molar-refractivity contribution in [1.29, 1.82) is 0 Å². The van der Waals surface area contributed by atoms with Crippen LogP contribution in [0.1, 0.15) is 38.9 Å². The van der Waals surface area contributed by atoms with Gasteiger partial charge in [-0.3, -0.25) is 14.6 Å². The molecule has 3 rings (SSSR count). The maximum Gasteiger partial charge on any atom is 0.217 e. The Bertz CT molecular complexity index is 547. The first-order chi connectivity index (χ1) is 11.0. The quantitative estimate of drug-likeness (QED) is 0.902. The highest BCUT2D eigenvalue weighted by Gasteiger charge is 2.45. The molecule has 1 aromatic heterocycles. The summed E-state index contributed by atoms with van der Waals surface area (Å²) in [5, 5.41) is 3.10. The van der Waals surface area contributed by atoms with Gasteiger partial charge in [0.25, 0.3) is 0 Å². The second kappa shape index (κ2) is 6.61. The van der Waals surface area contributed by atoms with E-state index in [0.29, 0.717) is 6.04 Å². The number of amides is 1. The molecular formula is C17H29N5O. The van der Waals surface area contributed by atoms with Crippen LogP contribution in [0.5, 0.6) is 0 Å². The third-order valence-corrected chi connectivity index (χ3v) is 5.63. The van der Waals surface area contributed by atoms with E-state index >= 15 is 0 Å². The van der Waals surface area contributed by atoms with Crippen molar-refractivity contribution in [3.05, 3.63) is 18.2 Å². The van der Waals surface area contributed by atoms with Crippen LogP contribution in [-0.2, 0) is 17.9 Å². The fraction of sp³-hybridized carbons (Fsp3) is 0.765. The first kappa shape index (κ1) is 16.5. The van der Waals surface area contributed by atoms with E-state index in [9.17, 15) is 4.79 Å². The Morgan fingerprint density at radius 3 is 2.83 bits per heavy atom. The first-order valence-corrected chi connectivity index (χ1v) is 8.73. The minimum Gasteiger partial charge on any atom is -0.352 e. The van der Waals surface area contributed by atoms with Gasteiger partial charge in [-0.25, -0.2) is 4.98 Å². The van der Waals surface area contributed by atoms with Gasteiger partial charge in [0.2, 0.25) is 5.91 Å². The molecule has 2 aliphatic heterocycles. The molecule has 6 nitrogen and oxygen atoms in total. The molecule has 0 radical (unpaired) electrons. The highest BCUT2D eigenvalue weighted by Crippen LogP contribution is 2.37. The number of likely N-dealkylation sites (N-methyl/N-ethyl adjacent to an activating group) is 1. The van der Waals surface area contributed by atoms with E-state index in [4.69, 9.17) is 0 Å². The number of aromatic nitrogens is 2. The number of nitrogens with zero attached hydrogens (tertiary/aromatic N) is 4. The molecule has 0 saturated carbocycles. The third kappa shape index (κ3) is 3.43. The summed E-state index contributed by atoms with van der Waals surface area (Å²) in [6.45, 7) is 8.88. The average molecular weight is 319 g/mol. The number of carbonyl (C=O) groups is 1. The molecule has 1 atom stereocenters. The monoisotopic (exact) mass is 319 g/mol. The lowest BCUT2D eigenvalue weighted by molar-refractivity contribution is -0.119. The summed E-state index contributed by atoms with van der Waals surface area (Å²) in [4.78, 5) is 20.8. The molecule has 2 saturated heterocycles. The number of piperidine rings is 1. The number of hydrogen-bond acceptors (Lipinski definition) is 4. The molecule has 1 amide bonds. The van der Waals surface area contributed by atoms with Gasteiger partial charge in [-0.1, -0.05) is 0 Å². The number of aryl methyl sites for hydroxylation is 1. The molecule has 2 fully saturated rings. The number of imidazole rings is 1. The van der Waals surface area contributed by atoms with Crippen LogP contribution in [0, 0.1) is 0 Å². The van der Waals surface area contributed by atoms with Crippen molar-refractivity contribution < 1.29 is 4.79 Å². The van der Waals surface area contributed by atoms with E-state index in [1.165, 1.54) is 18.7 Å². The number of nitrogens with one attached hydrogen (secondary N) is 1. The average Bonchev–Trinajstić information content (AvgIpc) is 3.06. The zero-order valence-electron chi connectivity index (χ0n) is 14.6. The SMILES string of the molecule is CCn1ccnc1CN1CCC2(CC1)C[C@@H](NC(C)=O)CN2C. The summed E-state index contributed by atoms with van der Waals surface area (Å²) in [5.74, 6) is 1.25. The molecule has 23 heavy (non-hydrogen) atoms. The molecule has 0 unspecified atom stereocenters. The summed E-state index contributed by atoms with van der Waals surface area (Å²) >= 11 is 0. The zero-order chi connectivity index (χ0) is 16.4. The molecule has 1 N–H and O–H groups in total. The van der Waals surface area contributed by atoms with Crippen molar-refractivity contribution >= 4 is 5.91 Å². The molecule has 1 aromatic rings. The van der Waals surface area contributed by atoms with Crippen molar-refractivity contribution in [2.45, 2.75) is 57.8 Å². The smallest absolute Gasteiger partial charge is 0.217 e. The Hall–Kier alpha value is -1.40. The van der Waals surface area contributed by atoms with Crippen LogP contribution in [-0.4, -0.2) is 63.5 Å². The van der Waals surface area contributed by atoms with Gasteiger partial charge in [0.05, 0.1) is 6.54 Å². The summed E-state index contributed by atoms with van der Waals surface area (Å²) in [6, 6.07) is 0.308. The Morgan fingerprint density at radius 2 is 2.17 bits per heavy atom. The molecule has 2 aliphatic rings. The Morgan fingerprint density at radius 1 is 1.43 bits per heavy atom. The van der Waals surface area contributed by atoms with E-state index < -0.39 is 0 Å². The maximum absolute atomic E-state index is 11.3.